The van der Waals surface area contributed by atoms with Gasteiger partial charge in [0, 0.05) is 0 Å². The molecule has 0 aromatic heterocycles. The molecule has 0 aliphatic heterocycles. The molecule has 0 aromatic carbocycles. The van der Waals surface area contributed by atoms with Crippen LogP contribution in [0.3, 0.4) is 0 Å². The van der Waals surface area contributed by atoms with E-state index < -0.39 is 15.2 Å². The van der Waals surface area contributed by atoms with Crippen LogP contribution < -0.4 is 18.9 Å². The molecule has 0 aromatic rings. The minimum absolute atomic E-state index is 0. The molecule has 0 rings (SSSR count). The topological polar surface area (TPSA) is 37.3 Å². The van der Waals surface area contributed by atoms with E-state index in [2.05, 4.69) is 0 Å². The second kappa shape index (κ2) is 9.11. The summed E-state index contributed by atoms with van der Waals surface area (Å²) in [5.41, 5.74) is 0. The van der Waals surface area contributed by atoms with Crippen LogP contribution in [0, 0.1) is 0 Å². The van der Waals surface area contributed by atoms with Crippen LogP contribution in [0.25, 0.3) is 0 Å². The summed E-state index contributed by atoms with van der Waals surface area (Å²) in [5.74, 6) is 0. The molecule has 0 saturated carbocycles. The fraction of sp³-hybridized carbons (Fsp3) is 0. The van der Waals surface area contributed by atoms with Gasteiger partial charge in [0.25, 0.3) is 0 Å². The fourth-order valence-corrected chi connectivity index (χ4v) is 0. The van der Waals surface area contributed by atoms with Crippen molar-refractivity contribution in [3.05, 3.63) is 0 Å². The predicted octanol–water partition coefficient (Wildman–Crippen LogP) is -3.56. The Hall–Kier alpha value is 0.877. The van der Waals surface area contributed by atoms with Gasteiger partial charge in [0.05, 0.1) is 0 Å². The molecule has 1 N–H and O–H groups in total. The van der Waals surface area contributed by atoms with Crippen LogP contribution in [0.4, 0.5) is 0 Å². The van der Waals surface area contributed by atoms with Crippen molar-refractivity contribution in [2.45, 2.75) is 0 Å². The first kappa shape index (κ1) is 8.86. The molecule has 4 heteroatoms. The second-order valence-corrected chi connectivity index (χ2v) is 0.285. The zero-order valence-corrected chi connectivity index (χ0v) is 3.41. The number of hydrogen-bond donors (Lipinski definition) is 1. The van der Waals surface area contributed by atoms with Gasteiger partial charge in [0.2, 0.25) is 0 Å². The Labute approximate surface area is 43.9 Å². The van der Waals surface area contributed by atoms with Crippen LogP contribution in [0.15, 0.2) is 0 Å². The van der Waals surface area contributed by atoms with Gasteiger partial charge in [-0.15, -0.1) is 0 Å². The van der Waals surface area contributed by atoms with Gasteiger partial charge in [-0.05, 0) is 0 Å². The van der Waals surface area contributed by atoms with E-state index in [0.717, 1.165) is 0 Å². The van der Waals surface area contributed by atoms with Crippen LogP contribution in [0.2, 0.25) is 0 Å². The maximum absolute atomic E-state index is 8.52. The third-order valence-corrected chi connectivity index (χ3v) is 0. The molecule has 0 bridgehead atoms. The van der Waals surface area contributed by atoms with E-state index in [0.29, 0.717) is 0 Å². The van der Waals surface area contributed by atoms with Crippen LogP contribution in [0.5, 0.6) is 0 Å². The second-order valence-electron chi connectivity index (χ2n) is 0.0690. The summed E-state index contributed by atoms with van der Waals surface area (Å²) in [4.78, 5) is 0. The first-order valence-electron chi connectivity index (χ1n) is 0.323. The van der Waals surface area contributed by atoms with Gasteiger partial charge in [-0.3, -0.25) is 0 Å². The SMILES string of the molecule is [H-].[Li+].[O]=[Mn][OH]. The van der Waals surface area contributed by atoms with Crippen molar-refractivity contribution < 1.29 is 43.5 Å². The average molecular weight is 95.9 g/mol. The zero-order chi connectivity index (χ0) is 2.71. The molecule has 0 aliphatic carbocycles. The summed E-state index contributed by atoms with van der Waals surface area (Å²) >= 11 is -1.19. The molecule has 0 radical (unpaired) electrons. The molecule has 0 atom stereocenters. The molecule has 2 nitrogen and oxygen atoms in total. The van der Waals surface area contributed by atoms with Crippen LogP contribution in [-0.4, -0.2) is 4.19 Å². The van der Waals surface area contributed by atoms with Gasteiger partial charge in [0.1, 0.15) is 0 Å². The summed E-state index contributed by atoms with van der Waals surface area (Å²) in [5, 5.41) is 0. The van der Waals surface area contributed by atoms with E-state index in [1.807, 2.05) is 0 Å². The first-order valence-corrected chi connectivity index (χ1v) is 1.33. The van der Waals surface area contributed by atoms with Gasteiger partial charge in [0.15, 0.2) is 0 Å². The summed E-state index contributed by atoms with van der Waals surface area (Å²) in [6, 6.07) is 0. The third kappa shape index (κ3) is 13.2. The third-order valence-electron chi connectivity index (χ3n) is 0. The van der Waals surface area contributed by atoms with Crippen molar-refractivity contribution in [2.75, 3.05) is 0 Å². The van der Waals surface area contributed by atoms with Crippen molar-refractivity contribution in [1.29, 1.82) is 0 Å². The van der Waals surface area contributed by atoms with E-state index in [-0.39, 0.29) is 20.3 Å². The van der Waals surface area contributed by atoms with Gasteiger partial charge in [-0.25, -0.2) is 0 Å². The summed E-state index contributed by atoms with van der Waals surface area (Å²) in [6.45, 7) is 0. The first-order chi connectivity index (χ1) is 1.41. The van der Waals surface area contributed by atoms with Crippen molar-refractivity contribution in [3.8, 4) is 0 Å². The Kier molecular flexibility index (Phi) is 20.2. The molecule has 0 fully saturated rings. The van der Waals surface area contributed by atoms with E-state index in [9.17, 15) is 0 Å². The molecule has 4 heavy (non-hydrogen) atoms. The van der Waals surface area contributed by atoms with Crippen molar-refractivity contribution in [1.82, 2.24) is 0 Å². The molecular weight excluding hydrogens is 93.9 g/mol. The van der Waals surface area contributed by atoms with Crippen LogP contribution in [-0.2, 0) is 19.1 Å². The minimum atomic E-state index is -1.19. The molecule has 0 amide bonds. The monoisotopic (exact) mass is 96.0 g/mol. The Morgan fingerprint density at radius 3 is 2.00 bits per heavy atom. The quantitative estimate of drug-likeness (QED) is 0.317. The van der Waals surface area contributed by atoms with E-state index in [4.69, 9.17) is 8.02 Å². The fourth-order valence-electron chi connectivity index (χ4n) is 0. The Morgan fingerprint density at radius 2 is 2.00 bits per heavy atom. The molecule has 22 valence electrons. The number of hydrogen-bond acceptors (Lipinski definition) is 1. The molecule has 0 aliphatic rings. The summed E-state index contributed by atoms with van der Waals surface area (Å²) in [7, 11) is 0. The molecule has 0 saturated heterocycles. The normalized spacial score (nSPS) is 4.25. The van der Waals surface area contributed by atoms with Crippen molar-refractivity contribution in [3.63, 3.8) is 0 Å². The Morgan fingerprint density at radius 1 is 2.00 bits per heavy atom. The van der Waals surface area contributed by atoms with Crippen LogP contribution in [0.1, 0.15) is 1.43 Å². The van der Waals surface area contributed by atoms with Gasteiger partial charge < -0.3 is 1.43 Å². The van der Waals surface area contributed by atoms with Crippen LogP contribution >= 0.6 is 0 Å². The summed E-state index contributed by atoms with van der Waals surface area (Å²) < 4.78 is 15.6. The Balaban J connectivity index is -0.0000000200. The molecule has 0 spiro atoms. The van der Waals surface area contributed by atoms with Gasteiger partial charge >= 0.3 is 42.1 Å². The standard InChI is InChI=1S/Li.Mn.H2O.O.H/h;;1H2;;/q2*+1;;;-1/p-1. The number of rotatable bonds is 0. The molecular formula is H2LiMnO2. The van der Waals surface area contributed by atoms with E-state index in [1.165, 1.54) is 0 Å². The van der Waals surface area contributed by atoms with E-state index >= 15 is 0 Å². The Bertz CT molecular complexity index is 17.1. The van der Waals surface area contributed by atoms with Gasteiger partial charge in [-0.1, -0.05) is 0 Å². The zero-order valence-electron chi connectivity index (χ0n) is 3.23. The van der Waals surface area contributed by atoms with E-state index in [1.54, 1.807) is 0 Å². The van der Waals surface area contributed by atoms with Crippen molar-refractivity contribution >= 4 is 0 Å². The summed E-state index contributed by atoms with van der Waals surface area (Å²) in [6.07, 6.45) is 0. The predicted molar refractivity (Wildman–Crippen MR) is 4.02 cm³/mol. The average Bonchev–Trinajstić information content (AvgIpc) is 0.918. The van der Waals surface area contributed by atoms with Crippen molar-refractivity contribution in [2.24, 2.45) is 0 Å². The molecule has 0 unspecified atom stereocenters. The maximum atomic E-state index is 8.52. The van der Waals surface area contributed by atoms with Gasteiger partial charge in [-0.2, -0.15) is 0 Å². The molecule has 0 heterocycles.